The van der Waals surface area contributed by atoms with Gasteiger partial charge in [-0.15, -0.1) is 0 Å². The van der Waals surface area contributed by atoms with E-state index in [1.54, 1.807) is 11.1 Å². The lowest BCUT2D eigenvalue weighted by molar-refractivity contribution is -0.139. The predicted octanol–water partition coefficient (Wildman–Crippen LogP) is 5.00. The molecule has 2 N–H and O–H groups in total. The van der Waals surface area contributed by atoms with Crippen molar-refractivity contribution in [1.82, 2.24) is 5.43 Å². The number of carbonyl (C=O) groups is 2. The number of carboxylic acids is 1. The molecule has 168 valence electrons. The third-order valence-corrected chi connectivity index (χ3v) is 5.77. The molecule has 1 aliphatic carbocycles. The van der Waals surface area contributed by atoms with Crippen molar-refractivity contribution in [2.24, 2.45) is 0 Å². The van der Waals surface area contributed by atoms with Crippen LogP contribution in [0.3, 0.4) is 0 Å². The first-order valence-corrected chi connectivity index (χ1v) is 10.9. The molecule has 6 nitrogen and oxygen atoms in total. The van der Waals surface area contributed by atoms with E-state index in [9.17, 15) is 9.59 Å². The molecular formula is C27H26N2O4. The first kappa shape index (κ1) is 22.1. The molecule has 3 aromatic carbocycles. The minimum Gasteiger partial charge on any atom is -0.482 e. The Morgan fingerprint density at radius 3 is 2.21 bits per heavy atom. The lowest BCUT2D eigenvalue weighted by Crippen LogP contribution is -2.40. The molecule has 0 saturated heterocycles. The Kier molecular flexibility index (Phi) is 6.74. The first-order chi connectivity index (χ1) is 16.0. The number of carboxylic acid groups (broad SMARTS) is 1. The van der Waals surface area contributed by atoms with Crippen molar-refractivity contribution in [2.45, 2.75) is 25.2 Å². The van der Waals surface area contributed by atoms with E-state index in [0.29, 0.717) is 11.3 Å². The minimum absolute atomic E-state index is 0.171. The summed E-state index contributed by atoms with van der Waals surface area (Å²) in [4.78, 5) is 24.3. The Bertz CT molecular complexity index is 1110. The topological polar surface area (TPSA) is 78.9 Å². The van der Waals surface area contributed by atoms with Gasteiger partial charge in [-0.3, -0.25) is 15.2 Å². The highest BCUT2D eigenvalue weighted by molar-refractivity contribution is 5.96. The number of aliphatic carboxylic acids is 1. The zero-order valence-electron chi connectivity index (χ0n) is 18.2. The number of nitrogens with one attached hydrogen (secondary N) is 1. The molecule has 0 saturated carbocycles. The van der Waals surface area contributed by atoms with Crippen LogP contribution in [0.15, 0.2) is 91.0 Å². The highest BCUT2D eigenvalue weighted by atomic mass is 16.5. The molecule has 1 atom stereocenters. The van der Waals surface area contributed by atoms with Crippen molar-refractivity contribution in [3.8, 4) is 5.75 Å². The summed E-state index contributed by atoms with van der Waals surface area (Å²) in [5.74, 6) is -0.901. The fourth-order valence-electron chi connectivity index (χ4n) is 4.22. The lowest BCUT2D eigenvalue weighted by Gasteiger charge is -2.30. The molecule has 1 unspecified atom stereocenters. The van der Waals surface area contributed by atoms with Gasteiger partial charge in [0.05, 0.1) is 11.4 Å². The van der Waals surface area contributed by atoms with E-state index in [2.05, 4.69) is 12.0 Å². The molecule has 6 heteroatoms. The summed E-state index contributed by atoms with van der Waals surface area (Å²) in [5.41, 5.74) is 7.06. The zero-order chi connectivity index (χ0) is 23.2. The van der Waals surface area contributed by atoms with Gasteiger partial charge in [0.15, 0.2) is 6.61 Å². The molecule has 0 spiro atoms. The van der Waals surface area contributed by atoms with Crippen LogP contribution in [0.2, 0.25) is 0 Å². The van der Waals surface area contributed by atoms with Crippen molar-refractivity contribution in [3.63, 3.8) is 0 Å². The van der Waals surface area contributed by atoms with Crippen molar-refractivity contribution >= 4 is 23.3 Å². The van der Waals surface area contributed by atoms with Crippen LogP contribution in [-0.2, 0) is 16.0 Å². The van der Waals surface area contributed by atoms with E-state index in [0.717, 1.165) is 41.8 Å². The molecule has 0 heterocycles. The summed E-state index contributed by atoms with van der Waals surface area (Å²) < 4.78 is 5.50. The van der Waals surface area contributed by atoms with E-state index in [1.165, 1.54) is 0 Å². The third kappa shape index (κ3) is 5.06. The maximum atomic E-state index is 13.3. The molecule has 0 fully saturated rings. The molecule has 1 aliphatic rings. The summed E-state index contributed by atoms with van der Waals surface area (Å²) in [5, 5.41) is 10.7. The molecule has 4 rings (SSSR count). The van der Waals surface area contributed by atoms with Crippen LogP contribution in [-0.4, -0.2) is 23.6 Å². The number of hydrogen-bond acceptors (Lipinski definition) is 4. The number of benzene rings is 3. The van der Waals surface area contributed by atoms with Crippen molar-refractivity contribution in [2.75, 3.05) is 11.6 Å². The quantitative estimate of drug-likeness (QED) is 0.379. The van der Waals surface area contributed by atoms with Gasteiger partial charge in [-0.25, -0.2) is 4.79 Å². The molecular weight excluding hydrogens is 416 g/mol. The first-order valence-electron chi connectivity index (χ1n) is 10.9. The van der Waals surface area contributed by atoms with Gasteiger partial charge >= 0.3 is 5.97 Å². The standard InChI is InChI=1S/C27H26N2O4/c1-19(22-14-8-16-24-23(22)15-9-17-25(24)33-18-26(30)31)27(32)28-29(20-10-4-2-5-11-20)21-12-6-3-7-13-21/h2-7,9-13,15,17,22H,1,8,14,16,18H2,(H,28,32)(H,30,31). The largest absolute Gasteiger partial charge is 0.482 e. The monoisotopic (exact) mass is 442 g/mol. The maximum Gasteiger partial charge on any atom is 0.341 e. The van der Waals surface area contributed by atoms with E-state index in [4.69, 9.17) is 9.84 Å². The molecule has 33 heavy (non-hydrogen) atoms. The van der Waals surface area contributed by atoms with Crippen molar-refractivity contribution < 1.29 is 19.4 Å². The second-order valence-electron chi connectivity index (χ2n) is 7.92. The van der Waals surface area contributed by atoms with Crippen LogP contribution in [0, 0.1) is 0 Å². The van der Waals surface area contributed by atoms with E-state index < -0.39 is 12.6 Å². The van der Waals surface area contributed by atoms with Gasteiger partial charge < -0.3 is 9.84 Å². The molecule has 0 aliphatic heterocycles. The number of carbonyl (C=O) groups excluding carboxylic acids is 1. The predicted molar refractivity (Wildman–Crippen MR) is 128 cm³/mol. The minimum atomic E-state index is -1.02. The van der Waals surface area contributed by atoms with E-state index in [1.807, 2.05) is 72.8 Å². The summed E-state index contributed by atoms with van der Waals surface area (Å²) in [6.07, 6.45) is 2.42. The van der Waals surface area contributed by atoms with Gasteiger partial charge in [0.25, 0.3) is 5.91 Å². The molecule has 0 bridgehead atoms. The molecule has 0 radical (unpaired) electrons. The van der Waals surface area contributed by atoms with E-state index >= 15 is 0 Å². The Labute approximate surface area is 193 Å². The number of rotatable bonds is 8. The average Bonchev–Trinajstić information content (AvgIpc) is 2.86. The highest BCUT2D eigenvalue weighted by Crippen LogP contribution is 2.40. The Balaban J connectivity index is 1.58. The molecule has 3 aromatic rings. The van der Waals surface area contributed by atoms with Crippen LogP contribution >= 0.6 is 0 Å². The SMILES string of the molecule is C=C(C(=O)NN(c1ccccc1)c1ccccc1)C1CCCc2c(OCC(=O)O)cccc21. The summed E-state index contributed by atoms with van der Waals surface area (Å²) in [6.45, 7) is 3.75. The van der Waals surface area contributed by atoms with Crippen LogP contribution in [0.4, 0.5) is 11.4 Å². The summed E-state index contributed by atoms with van der Waals surface area (Å²) in [7, 11) is 0. The average molecular weight is 443 g/mol. The van der Waals surface area contributed by atoms with Gasteiger partial charge in [0.1, 0.15) is 5.75 Å². The Hall–Kier alpha value is -4.06. The summed E-state index contributed by atoms with van der Waals surface area (Å²) in [6, 6.07) is 24.8. The second kappa shape index (κ2) is 10.0. The Morgan fingerprint density at radius 1 is 0.970 bits per heavy atom. The highest BCUT2D eigenvalue weighted by Gasteiger charge is 2.29. The van der Waals surface area contributed by atoms with E-state index in [-0.39, 0.29) is 11.8 Å². The number of amides is 1. The summed E-state index contributed by atoms with van der Waals surface area (Å²) >= 11 is 0. The lowest BCUT2D eigenvalue weighted by atomic mass is 9.78. The van der Waals surface area contributed by atoms with Gasteiger partial charge in [0, 0.05) is 11.5 Å². The second-order valence-corrected chi connectivity index (χ2v) is 7.92. The number of fused-ring (bicyclic) bond motifs is 1. The normalized spacial score (nSPS) is 14.6. The number of hydrogen-bond donors (Lipinski definition) is 2. The van der Waals surface area contributed by atoms with Crippen LogP contribution in [0.25, 0.3) is 0 Å². The zero-order valence-corrected chi connectivity index (χ0v) is 18.2. The van der Waals surface area contributed by atoms with Gasteiger partial charge in [-0.05, 0) is 60.7 Å². The number of ether oxygens (including phenoxy) is 1. The smallest absolute Gasteiger partial charge is 0.341 e. The van der Waals surface area contributed by atoms with Crippen molar-refractivity contribution in [1.29, 1.82) is 0 Å². The van der Waals surface area contributed by atoms with Gasteiger partial charge in [-0.1, -0.05) is 55.1 Å². The van der Waals surface area contributed by atoms with Crippen LogP contribution in [0.5, 0.6) is 5.75 Å². The third-order valence-electron chi connectivity index (χ3n) is 5.77. The van der Waals surface area contributed by atoms with Crippen LogP contribution < -0.4 is 15.2 Å². The maximum absolute atomic E-state index is 13.3. The number of nitrogens with zero attached hydrogens (tertiary/aromatic N) is 1. The van der Waals surface area contributed by atoms with Gasteiger partial charge in [-0.2, -0.15) is 0 Å². The van der Waals surface area contributed by atoms with Crippen LogP contribution in [0.1, 0.15) is 29.9 Å². The number of para-hydroxylation sites is 2. The number of hydrazine groups is 1. The number of anilines is 2. The molecule has 1 amide bonds. The fraction of sp³-hybridized carbons (Fsp3) is 0.185. The van der Waals surface area contributed by atoms with Crippen molar-refractivity contribution in [3.05, 3.63) is 102 Å². The Morgan fingerprint density at radius 2 is 1.61 bits per heavy atom. The fourth-order valence-corrected chi connectivity index (χ4v) is 4.22. The van der Waals surface area contributed by atoms with Gasteiger partial charge in [0.2, 0.25) is 0 Å². The molecule has 0 aromatic heterocycles.